The van der Waals surface area contributed by atoms with E-state index in [1.807, 2.05) is 32.9 Å². The van der Waals surface area contributed by atoms with Gasteiger partial charge in [0.15, 0.2) is 5.78 Å². The van der Waals surface area contributed by atoms with Crippen LogP contribution in [0.5, 0.6) is 5.75 Å². The lowest BCUT2D eigenvalue weighted by Gasteiger charge is -2.11. The third-order valence-corrected chi connectivity index (χ3v) is 4.48. The lowest BCUT2D eigenvalue weighted by atomic mass is 10.0. The Morgan fingerprint density at radius 2 is 1.96 bits per heavy atom. The predicted octanol–water partition coefficient (Wildman–Crippen LogP) is 5.38. The van der Waals surface area contributed by atoms with Crippen molar-refractivity contribution in [2.24, 2.45) is 0 Å². The molecule has 0 atom stereocenters. The molecule has 0 saturated heterocycles. The number of Topliss-reactive ketones (excluding diaryl/α,β-unsaturated/α-hetero) is 1. The normalized spacial score (nSPS) is 11.5. The number of benzene rings is 2. The summed E-state index contributed by atoms with van der Waals surface area (Å²) >= 11 is 0. The van der Waals surface area contributed by atoms with Crippen molar-refractivity contribution in [3.8, 4) is 5.75 Å². The number of carbonyl (C=O) groups excluding carboxylic acids is 2. The van der Waals surface area contributed by atoms with E-state index in [2.05, 4.69) is 5.32 Å². The Morgan fingerprint density at radius 1 is 1.18 bits per heavy atom. The van der Waals surface area contributed by atoms with Crippen molar-refractivity contribution in [2.45, 2.75) is 27.7 Å². The van der Waals surface area contributed by atoms with E-state index in [4.69, 9.17) is 9.15 Å². The van der Waals surface area contributed by atoms with Gasteiger partial charge in [-0.15, -0.1) is 0 Å². The Hall–Kier alpha value is -3.34. The van der Waals surface area contributed by atoms with Crippen LogP contribution in [-0.2, 0) is 4.79 Å². The maximum Gasteiger partial charge on any atom is 0.248 e. The van der Waals surface area contributed by atoms with Crippen molar-refractivity contribution in [3.63, 3.8) is 0 Å². The lowest BCUT2D eigenvalue weighted by molar-refractivity contribution is -0.111. The van der Waals surface area contributed by atoms with Gasteiger partial charge >= 0.3 is 0 Å². The van der Waals surface area contributed by atoms with Gasteiger partial charge in [0.05, 0.1) is 12.9 Å². The van der Waals surface area contributed by atoms with E-state index in [1.54, 1.807) is 30.5 Å². The van der Waals surface area contributed by atoms with Gasteiger partial charge < -0.3 is 14.5 Å². The molecule has 1 amide bonds. The number of aryl methyl sites for hydroxylation is 1. The molecule has 0 spiro atoms. The summed E-state index contributed by atoms with van der Waals surface area (Å²) in [4.78, 5) is 24.0. The first kappa shape index (κ1) is 19.4. The number of hydrogen-bond donors (Lipinski definition) is 1. The maximum absolute atomic E-state index is 12.5. The van der Waals surface area contributed by atoms with Crippen molar-refractivity contribution >= 4 is 33.9 Å². The van der Waals surface area contributed by atoms with Crippen LogP contribution in [0.3, 0.4) is 0 Å². The van der Waals surface area contributed by atoms with Gasteiger partial charge in [0, 0.05) is 34.3 Å². The molecule has 0 unspecified atom stereocenters. The van der Waals surface area contributed by atoms with Crippen LogP contribution in [0.15, 0.2) is 53.2 Å². The number of hydrogen-bond acceptors (Lipinski definition) is 4. The van der Waals surface area contributed by atoms with Crippen LogP contribution >= 0.6 is 0 Å². The first-order valence-corrected chi connectivity index (χ1v) is 9.14. The monoisotopic (exact) mass is 377 g/mol. The number of amides is 1. The summed E-state index contributed by atoms with van der Waals surface area (Å²) in [6.45, 7) is 7.76. The minimum Gasteiger partial charge on any atom is -0.493 e. The zero-order valence-electron chi connectivity index (χ0n) is 16.5. The molecule has 0 fully saturated rings. The molecule has 0 aliphatic heterocycles. The number of ether oxygens (including phenoxy) is 1. The van der Waals surface area contributed by atoms with Gasteiger partial charge in [-0.2, -0.15) is 0 Å². The highest BCUT2D eigenvalue weighted by Crippen LogP contribution is 2.33. The predicted molar refractivity (Wildman–Crippen MR) is 111 cm³/mol. The fourth-order valence-electron chi connectivity index (χ4n) is 3.03. The van der Waals surface area contributed by atoms with E-state index in [0.717, 1.165) is 27.7 Å². The summed E-state index contributed by atoms with van der Waals surface area (Å²) in [6, 6.07) is 10.7. The quantitative estimate of drug-likeness (QED) is 0.462. The van der Waals surface area contributed by atoms with Gasteiger partial charge in [0.2, 0.25) is 5.91 Å². The van der Waals surface area contributed by atoms with E-state index in [9.17, 15) is 9.59 Å². The molecule has 0 saturated carbocycles. The number of carbonyl (C=O) groups is 2. The highest BCUT2D eigenvalue weighted by Gasteiger charge is 2.13. The largest absolute Gasteiger partial charge is 0.493 e. The van der Waals surface area contributed by atoms with Crippen molar-refractivity contribution in [3.05, 3.63) is 65.4 Å². The highest BCUT2D eigenvalue weighted by atomic mass is 16.5. The molecule has 1 N–H and O–H groups in total. The molecule has 0 bridgehead atoms. The maximum atomic E-state index is 12.5. The Kier molecular flexibility index (Phi) is 5.64. The average Bonchev–Trinajstić information content (AvgIpc) is 3.01. The fourth-order valence-corrected chi connectivity index (χ4v) is 3.03. The molecule has 5 heteroatoms. The summed E-state index contributed by atoms with van der Waals surface area (Å²) in [5, 5.41) is 3.79. The van der Waals surface area contributed by atoms with Gasteiger partial charge in [0.25, 0.3) is 0 Å². The molecule has 2 aromatic carbocycles. The molecule has 1 heterocycles. The molecule has 144 valence electrons. The Balaban J connectivity index is 1.90. The average molecular weight is 377 g/mol. The Labute approximate surface area is 164 Å². The van der Waals surface area contributed by atoms with E-state index in [1.165, 1.54) is 13.0 Å². The standard InChI is InChI=1S/C23H23NO4/c1-5-27-21-12-22-20(15(3)13-28-22)11-19(21)14(2)9-23(26)24-18-8-6-7-17(10-18)16(4)25/h6-13H,5H2,1-4H3,(H,24,26)/b14-9+. The summed E-state index contributed by atoms with van der Waals surface area (Å²) in [5.41, 5.74) is 4.52. The number of fused-ring (bicyclic) bond motifs is 1. The van der Waals surface area contributed by atoms with Crippen molar-refractivity contribution in [1.82, 2.24) is 0 Å². The number of ketones is 1. The topological polar surface area (TPSA) is 68.5 Å². The minimum absolute atomic E-state index is 0.0482. The third kappa shape index (κ3) is 4.14. The van der Waals surface area contributed by atoms with Gasteiger partial charge in [-0.1, -0.05) is 12.1 Å². The molecule has 28 heavy (non-hydrogen) atoms. The number of allylic oxidation sites excluding steroid dienone is 1. The highest BCUT2D eigenvalue weighted by molar-refractivity contribution is 6.05. The molecule has 3 aromatic rings. The van der Waals surface area contributed by atoms with E-state index in [0.29, 0.717) is 23.6 Å². The number of rotatable bonds is 6. The van der Waals surface area contributed by atoms with Crippen molar-refractivity contribution < 1.29 is 18.7 Å². The number of furan rings is 1. The minimum atomic E-state index is -0.273. The van der Waals surface area contributed by atoms with Crippen LogP contribution < -0.4 is 10.1 Å². The Morgan fingerprint density at radius 3 is 2.68 bits per heavy atom. The fraction of sp³-hybridized carbons (Fsp3) is 0.217. The summed E-state index contributed by atoms with van der Waals surface area (Å²) in [5.74, 6) is 0.349. The van der Waals surface area contributed by atoms with Gasteiger partial charge in [-0.3, -0.25) is 9.59 Å². The van der Waals surface area contributed by atoms with Crippen molar-refractivity contribution in [1.29, 1.82) is 0 Å². The lowest BCUT2D eigenvalue weighted by Crippen LogP contribution is -2.09. The molecule has 0 aliphatic carbocycles. The summed E-state index contributed by atoms with van der Waals surface area (Å²) in [7, 11) is 0. The first-order chi connectivity index (χ1) is 13.4. The summed E-state index contributed by atoms with van der Waals surface area (Å²) in [6.07, 6.45) is 3.23. The van der Waals surface area contributed by atoms with Gasteiger partial charge in [-0.05, 0) is 57.0 Å². The first-order valence-electron chi connectivity index (χ1n) is 9.14. The van der Waals surface area contributed by atoms with Crippen molar-refractivity contribution in [2.75, 3.05) is 11.9 Å². The molecule has 0 aliphatic rings. The van der Waals surface area contributed by atoms with Crippen LogP contribution in [0.1, 0.15) is 42.3 Å². The Bertz CT molecular complexity index is 1080. The second kappa shape index (κ2) is 8.13. The second-order valence-corrected chi connectivity index (χ2v) is 6.65. The van der Waals surface area contributed by atoms with Gasteiger partial charge in [0.1, 0.15) is 11.3 Å². The van der Waals surface area contributed by atoms with E-state index < -0.39 is 0 Å². The van der Waals surface area contributed by atoms with Crippen LogP contribution in [-0.4, -0.2) is 18.3 Å². The van der Waals surface area contributed by atoms with E-state index >= 15 is 0 Å². The molecule has 0 radical (unpaired) electrons. The van der Waals surface area contributed by atoms with Crippen LogP contribution in [0.2, 0.25) is 0 Å². The van der Waals surface area contributed by atoms with Crippen LogP contribution in [0.25, 0.3) is 16.5 Å². The number of anilines is 1. The van der Waals surface area contributed by atoms with Crippen LogP contribution in [0, 0.1) is 6.92 Å². The smallest absolute Gasteiger partial charge is 0.248 e. The molecule has 3 rings (SSSR count). The van der Waals surface area contributed by atoms with Crippen LogP contribution in [0.4, 0.5) is 5.69 Å². The number of nitrogens with one attached hydrogen (secondary N) is 1. The summed E-state index contributed by atoms with van der Waals surface area (Å²) < 4.78 is 11.3. The SMILES string of the molecule is CCOc1cc2occ(C)c2cc1/C(C)=C/C(=O)Nc1cccc(C(C)=O)c1. The third-order valence-electron chi connectivity index (χ3n) is 4.48. The molecule has 5 nitrogen and oxygen atoms in total. The second-order valence-electron chi connectivity index (χ2n) is 6.65. The molecule has 1 aromatic heterocycles. The molecular weight excluding hydrogens is 354 g/mol. The van der Waals surface area contributed by atoms with E-state index in [-0.39, 0.29) is 11.7 Å². The zero-order chi connectivity index (χ0) is 20.3. The molecular formula is C23H23NO4. The zero-order valence-corrected chi connectivity index (χ0v) is 16.5. The van der Waals surface area contributed by atoms with Gasteiger partial charge in [-0.25, -0.2) is 0 Å².